The van der Waals surface area contributed by atoms with Crippen molar-refractivity contribution < 1.29 is 23.1 Å². The number of aryl methyl sites for hydroxylation is 1. The molecule has 0 saturated carbocycles. The number of nitrogens with zero attached hydrogens (tertiary/aromatic N) is 1. The van der Waals surface area contributed by atoms with Crippen LogP contribution < -0.4 is 4.31 Å². The van der Waals surface area contributed by atoms with Crippen molar-refractivity contribution in [3.63, 3.8) is 0 Å². The molecule has 0 aromatic heterocycles. The Labute approximate surface area is 201 Å². The van der Waals surface area contributed by atoms with Gasteiger partial charge in [-0.05, 0) is 67.0 Å². The van der Waals surface area contributed by atoms with Crippen LogP contribution in [0.3, 0.4) is 0 Å². The highest BCUT2D eigenvalue weighted by Gasteiger charge is 2.28. The number of hydrogen-bond acceptors (Lipinski definition) is 5. The molecule has 1 fully saturated rings. The molecular formula is C25H33NO5S2. The lowest BCUT2D eigenvalue weighted by atomic mass is 10.0. The van der Waals surface area contributed by atoms with E-state index >= 15 is 0 Å². The first-order valence-electron chi connectivity index (χ1n) is 11.4. The van der Waals surface area contributed by atoms with Gasteiger partial charge in [-0.3, -0.25) is 4.31 Å². The van der Waals surface area contributed by atoms with Crippen LogP contribution in [0, 0.1) is 11.8 Å². The fourth-order valence-corrected chi connectivity index (χ4v) is 6.65. The van der Waals surface area contributed by atoms with Gasteiger partial charge in [0, 0.05) is 30.4 Å². The topological polar surface area (TPSA) is 83.9 Å². The highest BCUT2D eigenvalue weighted by atomic mass is 32.2. The second-order valence-corrected chi connectivity index (χ2v) is 11.7. The quantitative estimate of drug-likeness (QED) is 0.453. The van der Waals surface area contributed by atoms with E-state index in [9.17, 15) is 18.3 Å². The van der Waals surface area contributed by atoms with Crippen molar-refractivity contribution >= 4 is 33.4 Å². The van der Waals surface area contributed by atoms with E-state index in [0.29, 0.717) is 23.0 Å². The molecule has 6 nitrogen and oxygen atoms in total. The van der Waals surface area contributed by atoms with Crippen molar-refractivity contribution in [2.24, 2.45) is 11.8 Å². The molecule has 8 heteroatoms. The minimum absolute atomic E-state index is 0.00413. The molecule has 0 amide bonds. The van der Waals surface area contributed by atoms with Crippen LogP contribution in [0.2, 0.25) is 0 Å². The van der Waals surface area contributed by atoms with Crippen molar-refractivity contribution in [3.8, 4) is 0 Å². The average molecular weight is 492 g/mol. The lowest BCUT2D eigenvalue weighted by Gasteiger charge is -2.27. The third-order valence-electron chi connectivity index (χ3n) is 5.75. The van der Waals surface area contributed by atoms with Crippen LogP contribution in [-0.4, -0.2) is 45.0 Å². The standard InChI is InChI=1S/C25H33NO5S2/c1-4-19-5-7-21(8-6-19)26(16-18(2)3)33(29,30)22-9-10-24(23(15-22)25(27)28)32-17-20-11-13-31-14-12-20/h5-10,15,18,20H,4,11-14,16-17H2,1-3H3,(H,27,28). The van der Waals surface area contributed by atoms with Gasteiger partial charge in [-0.15, -0.1) is 11.8 Å². The van der Waals surface area contributed by atoms with Crippen LogP contribution in [0.25, 0.3) is 0 Å². The van der Waals surface area contributed by atoms with Crippen molar-refractivity contribution in [2.45, 2.75) is 49.8 Å². The van der Waals surface area contributed by atoms with Crippen molar-refractivity contribution in [1.29, 1.82) is 0 Å². The Kier molecular flexibility index (Phi) is 8.84. The normalized spacial score (nSPS) is 15.0. The molecule has 0 spiro atoms. The number of ether oxygens (including phenoxy) is 1. The van der Waals surface area contributed by atoms with Gasteiger partial charge >= 0.3 is 5.97 Å². The van der Waals surface area contributed by atoms with Crippen molar-refractivity contribution in [1.82, 2.24) is 0 Å². The molecule has 0 radical (unpaired) electrons. The summed E-state index contributed by atoms with van der Waals surface area (Å²) in [6.07, 6.45) is 2.79. The number of anilines is 1. The van der Waals surface area contributed by atoms with E-state index in [2.05, 4.69) is 0 Å². The highest BCUT2D eigenvalue weighted by molar-refractivity contribution is 7.99. The molecule has 0 bridgehead atoms. The average Bonchev–Trinajstić information content (AvgIpc) is 2.81. The van der Waals surface area contributed by atoms with Crippen LogP contribution >= 0.6 is 11.8 Å². The van der Waals surface area contributed by atoms with Crippen LogP contribution in [0.15, 0.2) is 52.3 Å². The van der Waals surface area contributed by atoms with Gasteiger partial charge in [-0.2, -0.15) is 0 Å². The summed E-state index contributed by atoms with van der Waals surface area (Å²) in [6, 6.07) is 11.9. The number of carboxylic acid groups (broad SMARTS) is 1. The van der Waals surface area contributed by atoms with E-state index in [-0.39, 0.29) is 16.4 Å². The summed E-state index contributed by atoms with van der Waals surface area (Å²) in [5.74, 6) is 0.239. The number of thioether (sulfide) groups is 1. The van der Waals surface area contributed by atoms with Crippen LogP contribution in [0.1, 0.15) is 49.5 Å². The van der Waals surface area contributed by atoms with E-state index in [1.54, 1.807) is 6.07 Å². The zero-order chi connectivity index (χ0) is 24.0. The highest BCUT2D eigenvalue weighted by Crippen LogP contribution is 2.32. The molecule has 1 aliphatic rings. The molecule has 0 unspecified atom stereocenters. The number of benzene rings is 2. The first-order valence-corrected chi connectivity index (χ1v) is 13.8. The Hall–Kier alpha value is -2.03. The Morgan fingerprint density at radius 3 is 2.39 bits per heavy atom. The first kappa shape index (κ1) is 25.6. The number of rotatable bonds is 10. The lowest BCUT2D eigenvalue weighted by molar-refractivity contribution is 0.0691. The molecule has 1 heterocycles. The second kappa shape index (κ2) is 11.4. The van der Waals surface area contributed by atoms with E-state index in [0.717, 1.165) is 43.8 Å². The molecule has 0 atom stereocenters. The van der Waals surface area contributed by atoms with Crippen molar-refractivity contribution in [3.05, 3.63) is 53.6 Å². The summed E-state index contributed by atoms with van der Waals surface area (Å²) >= 11 is 1.48. The number of carbonyl (C=O) groups is 1. The monoisotopic (exact) mass is 491 g/mol. The molecule has 2 aromatic carbocycles. The minimum atomic E-state index is -3.93. The zero-order valence-corrected chi connectivity index (χ0v) is 21.1. The molecule has 3 rings (SSSR count). The summed E-state index contributed by atoms with van der Waals surface area (Å²) in [6.45, 7) is 7.74. The second-order valence-electron chi connectivity index (χ2n) is 8.78. The predicted molar refractivity (Wildman–Crippen MR) is 133 cm³/mol. The van der Waals surface area contributed by atoms with E-state index < -0.39 is 16.0 Å². The Balaban J connectivity index is 1.91. The fourth-order valence-electron chi connectivity index (χ4n) is 3.78. The van der Waals surface area contributed by atoms with Gasteiger partial charge in [0.25, 0.3) is 10.0 Å². The Morgan fingerprint density at radius 1 is 1.15 bits per heavy atom. The smallest absolute Gasteiger partial charge is 0.336 e. The maximum Gasteiger partial charge on any atom is 0.336 e. The molecule has 1 aliphatic heterocycles. The van der Waals surface area contributed by atoms with Gasteiger partial charge < -0.3 is 9.84 Å². The van der Waals surface area contributed by atoms with E-state index in [4.69, 9.17) is 4.74 Å². The summed E-state index contributed by atoms with van der Waals surface area (Å²) in [7, 11) is -3.93. The molecule has 0 aliphatic carbocycles. The van der Waals surface area contributed by atoms with Crippen LogP contribution in [0.4, 0.5) is 5.69 Å². The third kappa shape index (κ3) is 6.52. The Bertz CT molecular complexity index is 1040. The van der Waals surface area contributed by atoms with E-state index in [1.807, 2.05) is 45.0 Å². The van der Waals surface area contributed by atoms with Gasteiger partial charge in [0.15, 0.2) is 0 Å². The van der Waals surface area contributed by atoms with Gasteiger partial charge in [0.2, 0.25) is 0 Å². The molecule has 180 valence electrons. The number of carboxylic acids is 1. The lowest BCUT2D eigenvalue weighted by Crippen LogP contribution is -2.34. The van der Waals surface area contributed by atoms with Crippen molar-refractivity contribution in [2.75, 3.05) is 29.8 Å². The van der Waals surface area contributed by atoms with Gasteiger partial charge in [0.05, 0.1) is 16.1 Å². The molecule has 1 saturated heterocycles. The van der Waals surface area contributed by atoms with Crippen LogP contribution in [-0.2, 0) is 21.2 Å². The third-order valence-corrected chi connectivity index (χ3v) is 8.84. The molecule has 1 N–H and O–H groups in total. The fraction of sp³-hybridized carbons (Fsp3) is 0.480. The predicted octanol–water partition coefficient (Wildman–Crippen LogP) is 5.32. The SMILES string of the molecule is CCc1ccc(N(CC(C)C)S(=O)(=O)c2ccc(SCC3CCOCC3)c(C(=O)O)c2)cc1. The minimum Gasteiger partial charge on any atom is -0.478 e. The van der Waals surface area contributed by atoms with Crippen LogP contribution in [0.5, 0.6) is 0 Å². The maximum atomic E-state index is 13.6. The summed E-state index contributed by atoms with van der Waals surface area (Å²) in [5.41, 5.74) is 1.73. The largest absolute Gasteiger partial charge is 0.478 e. The maximum absolute atomic E-state index is 13.6. The Morgan fingerprint density at radius 2 is 1.82 bits per heavy atom. The molecule has 33 heavy (non-hydrogen) atoms. The number of sulfonamides is 1. The molecule has 2 aromatic rings. The number of hydrogen-bond donors (Lipinski definition) is 1. The summed E-state index contributed by atoms with van der Waals surface area (Å²) in [5, 5.41) is 9.81. The van der Waals surface area contributed by atoms with Gasteiger partial charge in [-0.25, -0.2) is 13.2 Å². The number of aromatic carboxylic acids is 1. The zero-order valence-electron chi connectivity index (χ0n) is 19.5. The van der Waals surface area contributed by atoms with Gasteiger partial charge in [0.1, 0.15) is 0 Å². The molecular weight excluding hydrogens is 458 g/mol. The first-order chi connectivity index (χ1) is 15.7. The summed E-state index contributed by atoms with van der Waals surface area (Å²) in [4.78, 5) is 12.6. The van der Waals surface area contributed by atoms with E-state index in [1.165, 1.54) is 28.2 Å². The summed E-state index contributed by atoms with van der Waals surface area (Å²) < 4.78 is 34.0. The van der Waals surface area contributed by atoms with Gasteiger partial charge in [-0.1, -0.05) is 32.9 Å².